The fourth-order valence-corrected chi connectivity index (χ4v) is 0.678. The van der Waals surface area contributed by atoms with E-state index in [2.05, 4.69) is 13.8 Å². The lowest BCUT2D eigenvalue weighted by molar-refractivity contribution is 0.389. The van der Waals surface area contributed by atoms with E-state index in [9.17, 15) is 0 Å². The van der Waals surface area contributed by atoms with E-state index in [4.69, 9.17) is 4.74 Å². The van der Waals surface area contributed by atoms with Gasteiger partial charge in [0.15, 0.2) is 0 Å². The van der Waals surface area contributed by atoms with Crippen LogP contribution in [0.2, 0.25) is 0 Å². The molecule has 0 bridgehead atoms. The van der Waals surface area contributed by atoms with Crippen LogP contribution < -0.4 is 0 Å². The third kappa shape index (κ3) is 3.79. The van der Waals surface area contributed by atoms with Crippen LogP contribution in [0.3, 0.4) is 0 Å². The normalized spacial score (nSPS) is 26.7. The Kier molecular flexibility index (Phi) is 3.12. The predicted octanol–water partition coefficient (Wildman–Crippen LogP) is 2.48. The van der Waals surface area contributed by atoms with Crippen molar-refractivity contribution in [1.29, 1.82) is 0 Å². The van der Waals surface area contributed by atoms with Crippen molar-refractivity contribution >= 4 is 0 Å². The van der Waals surface area contributed by atoms with Crippen LogP contribution in [0, 0.1) is 0 Å². The van der Waals surface area contributed by atoms with Gasteiger partial charge in [0.1, 0.15) is 0 Å². The molecule has 0 aromatic heterocycles. The van der Waals surface area contributed by atoms with E-state index >= 15 is 0 Å². The van der Waals surface area contributed by atoms with E-state index in [-0.39, 0.29) is 0 Å². The summed E-state index contributed by atoms with van der Waals surface area (Å²) in [6.07, 6.45) is 1.10. The summed E-state index contributed by atoms with van der Waals surface area (Å²) in [4.78, 5) is 0. The van der Waals surface area contributed by atoms with Crippen LogP contribution in [0.15, 0.2) is 36.4 Å². The molecule has 0 saturated carbocycles. The highest BCUT2D eigenvalue weighted by Gasteiger charge is 2.27. The van der Waals surface area contributed by atoms with Gasteiger partial charge in [-0.1, -0.05) is 36.4 Å². The van der Waals surface area contributed by atoms with Crippen LogP contribution in [-0.2, 0) is 4.74 Å². The molecule has 2 atom stereocenters. The summed E-state index contributed by atoms with van der Waals surface area (Å²) in [5.74, 6) is 0. The molecule has 2 rings (SSSR count). The van der Waals surface area contributed by atoms with Gasteiger partial charge in [-0.2, -0.15) is 0 Å². The van der Waals surface area contributed by atoms with Gasteiger partial charge in [0.05, 0.1) is 12.2 Å². The molecule has 1 fully saturated rings. The highest BCUT2D eigenvalue weighted by Crippen LogP contribution is 2.18. The summed E-state index contributed by atoms with van der Waals surface area (Å²) < 4.78 is 4.92. The van der Waals surface area contributed by atoms with E-state index in [1.54, 1.807) is 0 Å². The molecule has 0 aliphatic carbocycles. The number of rotatable bonds is 0. The molecule has 0 radical (unpaired) electrons. The van der Waals surface area contributed by atoms with Gasteiger partial charge in [-0.05, 0) is 13.8 Å². The summed E-state index contributed by atoms with van der Waals surface area (Å²) in [6.45, 7) is 4.15. The van der Waals surface area contributed by atoms with Gasteiger partial charge in [0.2, 0.25) is 0 Å². The SMILES string of the molecule is CC1OC1C.c1ccccc1. The highest BCUT2D eigenvalue weighted by molar-refractivity contribution is 4.99. The molecule has 1 heteroatoms. The molecular formula is C10H14O. The monoisotopic (exact) mass is 150 g/mol. The summed E-state index contributed by atoms with van der Waals surface area (Å²) in [7, 11) is 0. The van der Waals surface area contributed by atoms with Crippen LogP contribution in [0.25, 0.3) is 0 Å². The van der Waals surface area contributed by atoms with Gasteiger partial charge in [-0.15, -0.1) is 0 Å². The molecule has 1 heterocycles. The summed E-state index contributed by atoms with van der Waals surface area (Å²) >= 11 is 0. The molecule has 2 unspecified atom stereocenters. The van der Waals surface area contributed by atoms with Crippen LogP contribution in [0.5, 0.6) is 0 Å². The van der Waals surface area contributed by atoms with Crippen molar-refractivity contribution in [3.8, 4) is 0 Å². The van der Waals surface area contributed by atoms with Gasteiger partial charge in [-0.25, -0.2) is 0 Å². The molecular weight excluding hydrogens is 136 g/mol. The van der Waals surface area contributed by atoms with Gasteiger partial charge < -0.3 is 4.74 Å². The minimum absolute atomic E-state index is 0.551. The standard InChI is InChI=1S/C6H6.C4H8O/c1-2-4-6-5-3-1;1-3-4(2)5-3/h1-6H;3-4H,1-2H3. The van der Waals surface area contributed by atoms with Gasteiger partial charge in [-0.3, -0.25) is 0 Å². The third-order valence-corrected chi connectivity index (χ3v) is 1.68. The fourth-order valence-electron chi connectivity index (χ4n) is 0.678. The Morgan fingerprint density at radius 1 is 0.727 bits per heavy atom. The lowest BCUT2D eigenvalue weighted by Crippen LogP contribution is -1.74. The topological polar surface area (TPSA) is 12.5 Å². The van der Waals surface area contributed by atoms with Gasteiger partial charge in [0, 0.05) is 0 Å². The Bertz CT molecular complexity index is 151. The minimum Gasteiger partial charge on any atom is -0.370 e. The molecule has 60 valence electrons. The fraction of sp³-hybridized carbons (Fsp3) is 0.400. The number of epoxide rings is 1. The number of ether oxygens (including phenoxy) is 1. The summed E-state index contributed by atoms with van der Waals surface area (Å²) in [5, 5.41) is 0. The van der Waals surface area contributed by atoms with Crippen LogP contribution in [0.4, 0.5) is 0 Å². The Hall–Kier alpha value is -0.820. The van der Waals surface area contributed by atoms with Crippen LogP contribution in [-0.4, -0.2) is 12.2 Å². The van der Waals surface area contributed by atoms with Gasteiger partial charge in [0.25, 0.3) is 0 Å². The zero-order valence-corrected chi connectivity index (χ0v) is 7.03. The largest absolute Gasteiger partial charge is 0.370 e. The van der Waals surface area contributed by atoms with E-state index in [1.165, 1.54) is 0 Å². The lowest BCUT2D eigenvalue weighted by atomic mass is 10.4. The maximum atomic E-state index is 4.92. The molecule has 11 heavy (non-hydrogen) atoms. The number of hydrogen-bond donors (Lipinski definition) is 0. The second-order valence-corrected chi connectivity index (χ2v) is 2.70. The zero-order chi connectivity index (χ0) is 8.10. The van der Waals surface area contributed by atoms with Crippen molar-refractivity contribution in [2.45, 2.75) is 26.1 Å². The van der Waals surface area contributed by atoms with Crippen molar-refractivity contribution in [2.24, 2.45) is 0 Å². The average molecular weight is 150 g/mol. The maximum absolute atomic E-state index is 4.92. The van der Waals surface area contributed by atoms with E-state index in [1.807, 2.05) is 36.4 Å². The first kappa shape index (κ1) is 8.28. The van der Waals surface area contributed by atoms with Crippen molar-refractivity contribution in [3.05, 3.63) is 36.4 Å². The van der Waals surface area contributed by atoms with Crippen molar-refractivity contribution in [2.75, 3.05) is 0 Å². The molecule has 0 N–H and O–H groups in total. The molecule has 1 aromatic carbocycles. The molecule has 1 aliphatic heterocycles. The van der Waals surface area contributed by atoms with Gasteiger partial charge >= 0.3 is 0 Å². The minimum atomic E-state index is 0.551. The second-order valence-electron chi connectivity index (χ2n) is 2.70. The predicted molar refractivity (Wildman–Crippen MR) is 46.5 cm³/mol. The first-order valence-electron chi connectivity index (χ1n) is 3.96. The Balaban J connectivity index is 0.000000112. The Morgan fingerprint density at radius 3 is 1.00 bits per heavy atom. The van der Waals surface area contributed by atoms with Crippen molar-refractivity contribution in [3.63, 3.8) is 0 Å². The summed E-state index contributed by atoms with van der Waals surface area (Å²) in [5.41, 5.74) is 0. The number of benzene rings is 1. The van der Waals surface area contributed by atoms with Crippen molar-refractivity contribution in [1.82, 2.24) is 0 Å². The molecule has 0 spiro atoms. The first-order valence-corrected chi connectivity index (χ1v) is 3.96. The molecule has 1 saturated heterocycles. The Labute approximate surface area is 68.0 Å². The molecule has 1 aromatic rings. The third-order valence-electron chi connectivity index (χ3n) is 1.68. The average Bonchev–Trinajstić information content (AvgIpc) is 2.69. The lowest BCUT2D eigenvalue weighted by Gasteiger charge is -1.69. The quantitative estimate of drug-likeness (QED) is 0.517. The Morgan fingerprint density at radius 2 is 0.909 bits per heavy atom. The molecule has 1 nitrogen and oxygen atoms in total. The first-order chi connectivity index (χ1) is 5.30. The zero-order valence-electron chi connectivity index (χ0n) is 7.03. The maximum Gasteiger partial charge on any atom is 0.0811 e. The van der Waals surface area contributed by atoms with E-state index in [0.29, 0.717) is 12.2 Å². The van der Waals surface area contributed by atoms with E-state index in [0.717, 1.165) is 0 Å². The van der Waals surface area contributed by atoms with E-state index < -0.39 is 0 Å². The molecule has 0 amide bonds. The highest BCUT2D eigenvalue weighted by atomic mass is 16.6. The molecule has 1 aliphatic rings. The smallest absolute Gasteiger partial charge is 0.0811 e. The van der Waals surface area contributed by atoms with Crippen LogP contribution >= 0.6 is 0 Å². The van der Waals surface area contributed by atoms with Crippen LogP contribution in [0.1, 0.15) is 13.8 Å². The number of hydrogen-bond acceptors (Lipinski definition) is 1. The second kappa shape index (κ2) is 4.14. The summed E-state index contributed by atoms with van der Waals surface area (Å²) in [6, 6.07) is 12.0. The van der Waals surface area contributed by atoms with Crippen molar-refractivity contribution < 1.29 is 4.74 Å².